The highest BCUT2D eigenvalue weighted by atomic mass is 35.5. The number of aryl methyl sites for hydroxylation is 1. The van der Waals surface area contributed by atoms with E-state index in [1.54, 1.807) is 37.4 Å². The van der Waals surface area contributed by atoms with Crippen LogP contribution in [0.2, 0.25) is 10.0 Å². The lowest BCUT2D eigenvalue weighted by molar-refractivity contribution is 0.973. The molecule has 0 saturated heterocycles. The molecule has 0 unspecified atom stereocenters. The number of aromatic nitrogens is 1. The normalized spacial score (nSPS) is 10.1. The lowest BCUT2D eigenvalue weighted by atomic mass is 10.1. The van der Waals surface area contributed by atoms with E-state index < -0.39 is 5.56 Å². The first kappa shape index (κ1) is 12.7. The van der Waals surface area contributed by atoms with Crippen LogP contribution in [0.5, 0.6) is 0 Å². The van der Waals surface area contributed by atoms with E-state index in [1.165, 1.54) is 4.57 Å². The number of rotatable bonds is 1. The van der Waals surface area contributed by atoms with Gasteiger partial charge in [-0.3, -0.25) is 9.36 Å². The standard InChI is InChI=1S/C13H8Cl2N2O/c1-8-5-6-17(13(18)9(8)7-16)11-4-2-3-10(14)12(11)15/h2-6H,1H3. The number of benzene rings is 1. The predicted octanol–water partition coefficient (Wildman–Crippen LogP) is 3.32. The molecule has 0 aliphatic carbocycles. The highest BCUT2D eigenvalue weighted by Crippen LogP contribution is 2.27. The molecule has 0 saturated carbocycles. The van der Waals surface area contributed by atoms with Gasteiger partial charge in [0.25, 0.3) is 5.56 Å². The Labute approximate surface area is 114 Å². The molecule has 2 aromatic rings. The molecular weight excluding hydrogens is 271 g/mol. The Kier molecular flexibility index (Phi) is 3.42. The summed E-state index contributed by atoms with van der Waals surface area (Å²) in [7, 11) is 0. The van der Waals surface area contributed by atoms with E-state index in [4.69, 9.17) is 28.5 Å². The van der Waals surface area contributed by atoms with Crippen molar-refractivity contribution in [3.63, 3.8) is 0 Å². The van der Waals surface area contributed by atoms with Crippen molar-refractivity contribution in [2.45, 2.75) is 6.92 Å². The fourth-order valence-electron chi connectivity index (χ4n) is 1.63. The highest BCUT2D eigenvalue weighted by Gasteiger charge is 2.11. The molecule has 0 spiro atoms. The zero-order valence-electron chi connectivity index (χ0n) is 9.45. The molecule has 0 atom stereocenters. The molecule has 18 heavy (non-hydrogen) atoms. The monoisotopic (exact) mass is 278 g/mol. The minimum absolute atomic E-state index is 0.105. The Balaban J connectivity index is 2.78. The molecular formula is C13H8Cl2N2O. The summed E-state index contributed by atoms with van der Waals surface area (Å²) >= 11 is 12.0. The average Bonchev–Trinajstić information content (AvgIpc) is 2.34. The summed E-state index contributed by atoms with van der Waals surface area (Å²) in [4.78, 5) is 12.1. The van der Waals surface area contributed by atoms with Crippen molar-refractivity contribution in [2.75, 3.05) is 0 Å². The van der Waals surface area contributed by atoms with Crippen molar-refractivity contribution in [1.82, 2.24) is 4.57 Å². The number of hydrogen-bond donors (Lipinski definition) is 0. The number of hydrogen-bond acceptors (Lipinski definition) is 2. The zero-order valence-corrected chi connectivity index (χ0v) is 11.0. The lowest BCUT2D eigenvalue weighted by Crippen LogP contribution is -2.21. The molecule has 3 nitrogen and oxygen atoms in total. The molecule has 1 heterocycles. The van der Waals surface area contributed by atoms with Crippen molar-refractivity contribution < 1.29 is 0 Å². The highest BCUT2D eigenvalue weighted by molar-refractivity contribution is 6.43. The summed E-state index contributed by atoms with van der Waals surface area (Å²) in [5, 5.41) is 9.62. The third-order valence-corrected chi connectivity index (χ3v) is 3.41. The summed E-state index contributed by atoms with van der Waals surface area (Å²) in [6.07, 6.45) is 1.58. The van der Waals surface area contributed by atoms with E-state index in [-0.39, 0.29) is 10.6 Å². The van der Waals surface area contributed by atoms with Gasteiger partial charge < -0.3 is 0 Å². The Morgan fingerprint density at radius 3 is 2.67 bits per heavy atom. The molecule has 0 radical (unpaired) electrons. The third kappa shape index (κ3) is 2.01. The van der Waals surface area contributed by atoms with Gasteiger partial charge in [-0.25, -0.2) is 0 Å². The van der Waals surface area contributed by atoms with E-state index in [9.17, 15) is 4.79 Å². The first-order valence-corrected chi connectivity index (χ1v) is 5.88. The molecule has 0 bridgehead atoms. The second-order valence-electron chi connectivity index (χ2n) is 3.73. The molecule has 90 valence electrons. The summed E-state index contributed by atoms with van der Waals surface area (Å²) in [5.74, 6) is 0. The first-order chi connectivity index (χ1) is 8.56. The molecule has 0 fully saturated rings. The van der Waals surface area contributed by atoms with Gasteiger partial charge in [0, 0.05) is 6.20 Å². The van der Waals surface area contributed by atoms with Crippen LogP contribution in [0.3, 0.4) is 0 Å². The van der Waals surface area contributed by atoms with Gasteiger partial charge in [0.2, 0.25) is 0 Å². The van der Waals surface area contributed by atoms with E-state index in [0.29, 0.717) is 16.3 Å². The SMILES string of the molecule is Cc1ccn(-c2cccc(Cl)c2Cl)c(=O)c1C#N. The van der Waals surface area contributed by atoms with E-state index in [0.717, 1.165) is 0 Å². The molecule has 2 rings (SSSR count). The van der Waals surface area contributed by atoms with Gasteiger partial charge in [0.05, 0.1) is 15.7 Å². The van der Waals surface area contributed by atoms with E-state index in [2.05, 4.69) is 0 Å². The maximum atomic E-state index is 12.1. The van der Waals surface area contributed by atoms with E-state index in [1.807, 2.05) is 6.07 Å². The Hall–Kier alpha value is -1.76. The largest absolute Gasteiger partial charge is 0.282 e. The molecule has 0 aliphatic rings. The molecule has 0 aliphatic heterocycles. The van der Waals surface area contributed by atoms with Crippen LogP contribution in [0.15, 0.2) is 35.3 Å². The summed E-state index contributed by atoms with van der Waals surface area (Å²) in [5.41, 5.74) is 0.803. The summed E-state index contributed by atoms with van der Waals surface area (Å²) < 4.78 is 1.32. The summed E-state index contributed by atoms with van der Waals surface area (Å²) in [6, 6.07) is 8.60. The molecule has 1 aromatic heterocycles. The fourth-order valence-corrected chi connectivity index (χ4v) is 2.02. The maximum Gasteiger partial charge on any atom is 0.273 e. The van der Waals surface area contributed by atoms with Crippen molar-refractivity contribution >= 4 is 23.2 Å². The predicted molar refractivity (Wildman–Crippen MR) is 71.5 cm³/mol. The van der Waals surface area contributed by atoms with Gasteiger partial charge in [-0.15, -0.1) is 0 Å². The minimum Gasteiger partial charge on any atom is -0.282 e. The smallest absolute Gasteiger partial charge is 0.273 e. The van der Waals surface area contributed by atoms with Crippen LogP contribution in [0.1, 0.15) is 11.1 Å². The second-order valence-corrected chi connectivity index (χ2v) is 4.52. The number of pyridine rings is 1. The Morgan fingerprint density at radius 1 is 1.28 bits per heavy atom. The van der Waals surface area contributed by atoms with Gasteiger partial charge in [-0.1, -0.05) is 29.3 Å². The molecule has 5 heteroatoms. The summed E-state index contributed by atoms with van der Waals surface area (Å²) in [6.45, 7) is 1.71. The van der Waals surface area contributed by atoms with Crippen LogP contribution in [-0.2, 0) is 0 Å². The average molecular weight is 279 g/mol. The van der Waals surface area contributed by atoms with Crippen molar-refractivity contribution in [3.05, 3.63) is 62.0 Å². The molecule has 0 amide bonds. The van der Waals surface area contributed by atoms with Crippen LogP contribution in [-0.4, -0.2) is 4.57 Å². The van der Waals surface area contributed by atoms with Crippen LogP contribution < -0.4 is 5.56 Å². The van der Waals surface area contributed by atoms with Crippen molar-refractivity contribution in [2.24, 2.45) is 0 Å². The zero-order chi connectivity index (χ0) is 13.3. The van der Waals surface area contributed by atoms with Crippen LogP contribution in [0.25, 0.3) is 5.69 Å². The van der Waals surface area contributed by atoms with Gasteiger partial charge >= 0.3 is 0 Å². The second kappa shape index (κ2) is 4.85. The number of nitriles is 1. The number of halogens is 2. The van der Waals surface area contributed by atoms with Crippen molar-refractivity contribution in [3.8, 4) is 11.8 Å². The topological polar surface area (TPSA) is 45.8 Å². The number of nitrogens with zero attached hydrogens (tertiary/aromatic N) is 2. The molecule has 0 N–H and O–H groups in total. The van der Waals surface area contributed by atoms with Gasteiger partial charge in [0.15, 0.2) is 0 Å². The van der Waals surface area contributed by atoms with E-state index >= 15 is 0 Å². The van der Waals surface area contributed by atoms with Gasteiger partial charge in [-0.2, -0.15) is 5.26 Å². The minimum atomic E-state index is -0.401. The lowest BCUT2D eigenvalue weighted by Gasteiger charge is -2.09. The van der Waals surface area contributed by atoms with Crippen molar-refractivity contribution in [1.29, 1.82) is 5.26 Å². The molecule has 1 aromatic carbocycles. The van der Waals surface area contributed by atoms with Crippen LogP contribution >= 0.6 is 23.2 Å². The third-order valence-electron chi connectivity index (χ3n) is 2.60. The quantitative estimate of drug-likeness (QED) is 0.803. The van der Waals surface area contributed by atoms with Crippen LogP contribution in [0.4, 0.5) is 0 Å². The Morgan fingerprint density at radius 2 is 2.00 bits per heavy atom. The van der Waals surface area contributed by atoms with Crippen LogP contribution in [0, 0.1) is 18.3 Å². The van der Waals surface area contributed by atoms with Gasteiger partial charge in [-0.05, 0) is 30.7 Å². The fraction of sp³-hybridized carbons (Fsp3) is 0.0769. The maximum absolute atomic E-state index is 12.1. The first-order valence-electron chi connectivity index (χ1n) is 5.13. The Bertz CT molecular complexity index is 714. The van der Waals surface area contributed by atoms with Gasteiger partial charge in [0.1, 0.15) is 11.6 Å².